The lowest BCUT2D eigenvalue weighted by Gasteiger charge is -2.03. The van der Waals surface area contributed by atoms with Crippen LogP contribution in [-0.2, 0) is 9.53 Å². The Hall–Kier alpha value is -1.08. The number of anilines is 1. The number of hydrogen-bond donors (Lipinski definition) is 1. The predicted octanol–water partition coefficient (Wildman–Crippen LogP) is 1.22. The Kier molecular flexibility index (Phi) is 5.27. The van der Waals surface area contributed by atoms with Crippen LogP contribution in [0.3, 0.4) is 0 Å². The average Bonchev–Trinajstić information content (AvgIpc) is 2.25. The summed E-state index contributed by atoms with van der Waals surface area (Å²) in [5.74, 6) is 0.198. The van der Waals surface area contributed by atoms with Gasteiger partial charge in [0.25, 0.3) is 0 Å². The number of aromatic nitrogens is 3. The van der Waals surface area contributed by atoms with Gasteiger partial charge in [0, 0.05) is 6.54 Å². The molecule has 1 N–H and O–H groups in total. The average molecular weight is 263 g/mol. The van der Waals surface area contributed by atoms with Gasteiger partial charge in [-0.15, -0.1) is 0 Å². The maximum atomic E-state index is 10.9. The summed E-state index contributed by atoms with van der Waals surface area (Å²) in [6.45, 7) is 2.60. The minimum atomic E-state index is -0.341. The summed E-state index contributed by atoms with van der Waals surface area (Å²) >= 11 is 6.85. The van der Waals surface area contributed by atoms with Crippen LogP contribution in [-0.4, -0.2) is 40.3 Å². The number of methoxy groups -OCH3 is 1. The smallest absolute Gasteiger partial charge is 0.316 e. The van der Waals surface area contributed by atoms with Gasteiger partial charge in [0.05, 0.1) is 12.9 Å². The van der Waals surface area contributed by atoms with Crippen LogP contribution in [0.25, 0.3) is 0 Å². The lowest BCUT2D eigenvalue weighted by Crippen LogP contribution is -2.07. The molecular formula is C8H11ClN4O2S. The third kappa shape index (κ3) is 4.19. The fraction of sp³-hybridized carbons (Fsp3) is 0.500. The fourth-order valence-corrected chi connectivity index (χ4v) is 1.69. The van der Waals surface area contributed by atoms with Crippen LogP contribution >= 0.6 is 23.4 Å². The highest BCUT2D eigenvalue weighted by molar-refractivity contribution is 7.99. The molecule has 0 unspecified atom stereocenters. The molecule has 1 rings (SSSR count). The standard InChI is InChI=1S/C8H11ClN4O2S/c1-3-10-7-11-6(9)12-8(13-7)16-4-5(14)15-2/h3-4H2,1-2H3,(H,10,11,12,13). The summed E-state index contributed by atoms with van der Waals surface area (Å²) in [4.78, 5) is 22.7. The van der Waals surface area contributed by atoms with Crippen molar-refractivity contribution in [2.45, 2.75) is 12.1 Å². The summed E-state index contributed by atoms with van der Waals surface area (Å²) in [6, 6.07) is 0. The number of carbonyl (C=O) groups excluding carboxylic acids is 1. The highest BCUT2D eigenvalue weighted by Crippen LogP contribution is 2.16. The van der Waals surface area contributed by atoms with Gasteiger partial charge in [0.1, 0.15) is 0 Å². The van der Waals surface area contributed by atoms with Gasteiger partial charge < -0.3 is 10.1 Å². The lowest BCUT2D eigenvalue weighted by molar-refractivity contribution is -0.137. The molecule has 0 aromatic carbocycles. The molecule has 1 aromatic rings. The number of thioether (sulfide) groups is 1. The van der Waals surface area contributed by atoms with Gasteiger partial charge in [0.2, 0.25) is 11.2 Å². The van der Waals surface area contributed by atoms with Crippen molar-refractivity contribution in [1.29, 1.82) is 0 Å². The van der Waals surface area contributed by atoms with E-state index in [1.807, 2.05) is 6.92 Å². The van der Waals surface area contributed by atoms with Gasteiger partial charge in [-0.2, -0.15) is 15.0 Å². The van der Waals surface area contributed by atoms with Crippen LogP contribution in [0.15, 0.2) is 5.16 Å². The number of halogens is 1. The van der Waals surface area contributed by atoms with Crippen LogP contribution in [0.4, 0.5) is 5.95 Å². The molecule has 6 nitrogen and oxygen atoms in total. The number of rotatable bonds is 5. The number of ether oxygens (including phenoxy) is 1. The monoisotopic (exact) mass is 262 g/mol. The molecule has 0 aliphatic carbocycles. The molecule has 0 aliphatic heterocycles. The molecule has 0 aliphatic rings. The van der Waals surface area contributed by atoms with Gasteiger partial charge in [-0.1, -0.05) is 11.8 Å². The third-order valence-corrected chi connectivity index (χ3v) is 2.46. The predicted molar refractivity (Wildman–Crippen MR) is 61.7 cm³/mol. The first kappa shape index (κ1) is 13.0. The molecule has 0 saturated heterocycles. The summed E-state index contributed by atoms with van der Waals surface area (Å²) in [7, 11) is 1.33. The number of esters is 1. The molecule has 0 saturated carbocycles. The second-order valence-electron chi connectivity index (χ2n) is 2.61. The molecule has 0 bridgehead atoms. The van der Waals surface area contributed by atoms with Crippen LogP contribution < -0.4 is 5.32 Å². The molecule has 16 heavy (non-hydrogen) atoms. The molecule has 88 valence electrons. The largest absolute Gasteiger partial charge is 0.468 e. The summed E-state index contributed by atoms with van der Waals surface area (Å²) in [5, 5.41) is 3.40. The van der Waals surface area contributed by atoms with Crippen molar-refractivity contribution in [2.75, 3.05) is 24.7 Å². The molecule has 1 aromatic heterocycles. The first-order chi connectivity index (χ1) is 7.65. The van der Waals surface area contributed by atoms with E-state index in [0.717, 1.165) is 11.8 Å². The van der Waals surface area contributed by atoms with Crippen molar-refractivity contribution < 1.29 is 9.53 Å². The highest BCUT2D eigenvalue weighted by Gasteiger charge is 2.08. The lowest BCUT2D eigenvalue weighted by atomic mass is 10.7. The number of hydrogen-bond acceptors (Lipinski definition) is 7. The quantitative estimate of drug-likeness (QED) is 0.631. The Morgan fingerprint density at radius 1 is 1.50 bits per heavy atom. The maximum absolute atomic E-state index is 10.9. The van der Waals surface area contributed by atoms with Crippen LogP contribution in [0, 0.1) is 0 Å². The first-order valence-corrected chi connectivity index (χ1v) is 5.87. The fourth-order valence-electron chi connectivity index (χ4n) is 0.816. The van der Waals surface area contributed by atoms with E-state index in [4.69, 9.17) is 11.6 Å². The zero-order chi connectivity index (χ0) is 12.0. The second-order valence-corrected chi connectivity index (χ2v) is 3.89. The van der Waals surface area contributed by atoms with E-state index in [1.54, 1.807) is 0 Å². The molecule has 0 amide bonds. The number of nitrogens with zero attached hydrogens (tertiary/aromatic N) is 3. The summed E-state index contributed by atoms with van der Waals surface area (Å²) in [6.07, 6.45) is 0. The summed E-state index contributed by atoms with van der Waals surface area (Å²) in [5.41, 5.74) is 0. The molecule has 0 atom stereocenters. The van der Waals surface area contributed by atoms with Crippen molar-refractivity contribution in [1.82, 2.24) is 15.0 Å². The van der Waals surface area contributed by atoms with Gasteiger partial charge in [-0.25, -0.2) is 0 Å². The van der Waals surface area contributed by atoms with E-state index in [1.165, 1.54) is 7.11 Å². The molecule has 0 spiro atoms. The van der Waals surface area contributed by atoms with Crippen molar-refractivity contribution in [3.05, 3.63) is 5.28 Å². The molecular weight excluding hydrogens is 252 g/mol. The van der Waals surface area contributed by atoms with Gasteiger partial charge in [-0.3, -0.25) is 4.79 Å². The normalized spacial score (nSPS) is 9.94. The van der Waals surface area contributed by atoms with E-state index in [0.29, 0.717) is 17.6 Å². The third-order valence-electron chi connectivity index (χ3n) is 1.47. The van der Waals surface area contributed by atoms with E-state index in [9.17, 15) is 4.79 Å². The minimum Gasteiger partial charge on any atom is -0.468 e. The number of carbonyl (C=O) groups is 1. The Bertz CT molecular complexity index is 377. The van der Waals surface area contributed by atoms with E-state index in [2.05, 4.69) is 25.0 Å². The van der Waals surface area contributed by atoms with E-state index < -0.39 is 0 Å². The Morgan fingerprint density at radius 2 is 2.25 bits per heavy atom. The molecule has 0 radical (unpaired) electrons. The van der Waals surface area contributed by atoms with Crippen molar-refractivity contribution >= 4 is 35.3 Å². The second kappa shape index (κ2) is 6.49. The summed E-state index contributed by atoms with van der Waals surface area (Å²) < 4.78 is 4.50. The Morgan fingerprint density at radius 3 is 2.88 bits per heavy atom. The zero-order valence-corrected chi connectivity index (χ0v) is 10.4. The van der Waals surface area contributed by atoms with Crippen molar-refractivity contribution in [2.24, 2.45) is 0 Å². The van der Waals surface area contributed by atoms with Crippen molar-refractivity contribution in [3.8, 4) is 0 Å². The minimum absolute atomic E-state index is 0.0957. The van der Waals surface area contributed by atoms with Gasteiger partial charge in [-0.05, 0) is 18.5 Å². The number of nitrogens with one attached hydrogen (secondary N) is 1. The Balaban J connectivity index is 2.68. The Labute approximate surface area is 102 Å². The molecule has 8 heteroatoms. The van der Waals surface area contributed by atoms with Crippen LogP contribution in [0.5, 0.6) is 0 Å². The van der Waals surface area contributed by atoms with Crippen LogP contribution in [0.2, 0.25) is 5.28 Å². The van der Waals surface area contributed by atoms with Crippen molar-refractivity contribution in [3.63, 3.8) is 0 Å². The molecule has 0 fully saturated rings. The van der Waals surface area contributed by atoms with E-state index >= 15 is 0 Å². The van der Waals surface area contributed by atoms with Crippen LogP contribution in [0.1, 0.15) is 6.92 Å². The SMILES string of the molecule is CCNc1nc(Cl)nc(SCC(=O)OC)n1. The highest BCUT2D eigenvalue weighted by atomic mass is 35.5. The molecule has 1 heterocycles. The first-order valence-electron chi connectivity index (χ1n) is 4.50. The van der Waals surface area contributed by atoms with Gasteiger partial charge >= 0.3 is 5.97 Å². The topological polar surface area (TPSA) is 77.0 Å². The zero-order valence-electron chi connectivity index (χ0n) is 8.86. The van der Waals surface area contributed by atoms with E-state index in [-0.39, 0.29) is 17.0 Å². The maximum Gasteiger partial charge on any atom is 0.316 e. The van der Waals surface area contributed by atoms with Gasteiger partial charge in [0.15, 0.2) is 5.16 Å².